The molecule has 7 aromatic rings. The van der Waals surface area contributed by atoms with Gasteiger partial charge in [-0.1, -0.05) is 47.7 Å². The van der Waals surface area contributed by atoms with Gasteiger partial charge in [-0.3, -0.25) is 34.6 Å². The van der Waals surface area contributed by atoms with Gasteiger partial charge >= 0.3 is 12.1 Å². The van der Waals surface area contributed by atoms with Gasteiger partial charge in [0.15, 0.2) is 16.6 Å². The molecular formula is C56H55F4N9O7S. The van der Waals surface area contributed by atoms with Crippen LogP contribution in [0, 0.1) is 5.82 Å². The molecule has 1 saturated carbocycles. The Morgan fingerprint density at radius 2 is 1.62 bits per heavy atom. The third kappa shape index (κ3) is 10.7. The summed E-state index contributed by atoms with van der Waals surface area (Å²) in [6.07, 6.45) is -1.56. The third-order valence-electron chi connectivity index (χ3n) is 15.2. The summed E-state index contributed by atoms with van der Waals surface area (Å²) in [5, 5.41) is 21.2. The number of fused-ring (bicyclic) bond motifs is 3. The van der Waals surface area contributed by atoms with Crippen molar-refractivity contribution >= 4 is 72.8 Å². The van der Waals surface area contributed by atoms with E-state index in [9.17, 15) is 24.3 Å². The number of carbonyl (C=O) groups excluding carboxylic acids is 3. The van der Waals surface area contributed by atoms with Crippen LogP contribution in [0.15, 0.2) is 84.9 Å². The van der Waals surface area contributed by atoms with Crippen molar-refractivity contribution in [2.45, 2.75) is 82.2 Å². The molecule has 6 heterocycles. The van der Waals surface area contributed by atoms with Crippen LogP contribution in [-0.4, -0.2) is 112 Å². The summed E-state index contributed by atoms with van der Waals surface area (Å²) in [5.41, 5.74) is 1.95. The number of amides is 3. The van der Waals surface area contributed by atoms with E-state index in [2.05, 4.69) is 30.6 Å². The molecule has 0 bridgehead atoms. The number of hydrogen-bond acceptors (Lipinski definition) is 13. The van der Waals surface area contributed by atoms with Crippen LogP contribution in [0.1, 0.15) is 94.1 Å². The van der Waals surface area contributed by atoms with Crippen LogP contribution in [-0.2, 0) is 40.5 Å². The number of pyridine rings is 1. The molecule has 4 aromatic carbocycles. The van der Waals surface area contributed by atoms with Gasteiger partial charge in [-0.2, -0.15) is 18.3 Å². The molecule has 400 valence electrons. The highest BCUT2D eigenvalue weighted by molar-refractivity contribution is 7.22. The van der Waals surface area contributed by atoms with Gasteiger partial charge in [-0.25, -0.2) is 19.2 Å². The zero-order valence-corrected chi connectivity index (χ0v) is 42.9. The minimum atomic E-state index is -4.90. The van der Waals surface area contributed by atoms with E-state index >= 15 is 17.6 Å². The van der Waals surface area contributed by atoms with Crippen LogP contribution in [0.5, 0.6) is 5.75 Å². The number of piperazine rings is 1. The number of aromatic nitrogens is 4. The fourth-order valence-electron chi connectivity index (χ4n) is 11.3. The Balaban J connectivity index is 0.681. The van der Waals surface area contributed by atoms with E-state index in [1.807, 2.05) is 46.2 Å². The maximum absolute atomic E-state index is 16.1. The summed E-state index contributed by atoms with van der Waals surface area (Å²) in [5.74, 6) is -3.74. The third-order valence-corrected chi connectivity index (χ3v) is 16.1. The van der Waals surface area contributed by atoms with Gasteiger partial charge in [-0.05, 0) is 105 Å². The monoisotopic (exact) mass is 1070 g/mol. The Bertz CT molecular complexity index is 3390. The lowest BCUT2D eigenvalue weighted by molar-refractivity contribution is -0.139. The van der Waals surface area contributed by atoms with E-state index in [0.717, 1.165) is 47.4 Å². The number of carboxylic acid groups (broad SMARTS) is 1. The lowest BCUT2D eigenvalue weighted by Gasteiger charge is -2.36. The van der Waals surface area contributed by atoms with E-state index in [-0.39, 0.29) is 53.6 Å². The minimum absolute atomic E-state index is 0.0789. The number of carboxylic acids is 1. The molecule has 77 heavy (non-hydrogen) atoms. The van der Waals surface area contributed by atoms with Gasteiger partial charge in [0.25, 0.3) is 5.91 Å². The fraction of sp³-hybridized carbons (Fsp3) is 0.375. The lowest BCUT2D eigenvalue weighted by Crippen LogP contribution is -2.47. The number of halogens is 4. The van der Waals surface area contributed by atoms with Crippen molar-refractivity contribution in [1.29, 1.82) is 0 Å². The van der Waals surface area contributed by atoms with Gasteiger partial charge in [0.2, 0.25) is 11.8 Å². The highest BCUT2D eigenvalue weighted by atomic mass is 32.1. The second kappa shape index (κ2) is 21.5. The second-order valence-corrected chi connectivity index (χ2v) is 21.0. The van der Waals surface area contributed by atoms with E-state index in [1.54, 1.807) is 25.2 Å². The fourth-order valence-corrected chi connectivity index (χ4v) is 12.1. The van der Waals surface area contributed by atoms with Crippen molar-refractivity contribution in [2.75, 3.05) is 61.0 Å². The molecule has 1 atom stereocenters. The Hall–Kier alpha value is -7.49. The molecule has 21 heteroatoms. The molecule has 3 amide bonds. The predicted octanol–water partition coefficient (Wildman–Crippen LogP) is 9.36. The van der Waals surface area contributed by atoms with Gasteiger partial charge in [0.1, 0.15) is 22.6 Å². The van der Waals surface area contributed by atoms with Crippen molar-refractivity contribution < 1.29 is 51.3 Å². The van der Waals surface area contributed by atoms with Gasteiger partial charge in [-0.15, -0.1) is 0 Å². The topological polar surface area (TPSA) is 184 Å². The normalized spacial score (nSPS) is 19.4. The summed E-state index contributed by atoms with van der Waals surface area (Å²) < 4.78 is 76.3. The average molecular weight is 1070 g/mol. The first-order valence-electron chi connectivity index (χ1n) is 25.9. The zero-order valence-electron chi connectivity index (χ0n) is 42.1. The number of ether oxygens (including phenoxy) is 2. The van der Waals surface area contributed by atoms with Gasteiger partial charge in [0.05, 0.1) is 39.7 Å². The molecule has 16 nitrogen and oxygen atoms in total. The van der Waals surface area contributed by atoms with Crippen molar-refractivity contribution in [1.82, 2.24) is 30.0 Å². The number of piperidine rings is 1. The largest absolute Gasteiger partial charge is 0.490 e. The SMILES string of the molecule is Cn1nc(C2CCC(=O)NC2=O)c2ccc(N3CCN(CCCOC4CCC(Oc5cccc(-c6ccc(N7CCc8cccc(C(=O)Nc9nc%10ccccc%10s9)c8C7)nc6C(=O)O)c5C(F)(F)F)CC4)CC3)c(F)c21. The van der Waals surface area contributed by atoms with Gasteiger partial charge < -0.3 is 24.4 Å². The number of hydrogen-bond donors (Lipinski definition) is 3. The number of thiazole rings is 1. The maximum atomic E-state index is 16.1. The molecule has 1 aliphatic carbocycles. The van der Waals surface area contributed by atoms with E-state index < -0.39 is 47.1 Å². The van der Waals surface area contributed by atoms with Crippen molar-refractivity contribution in [3.63, 3.8) is 0 Å². The first kappa shape index (κ1) is 51.6. The lowest BCUT2D eigenvalue weighted by atomic mass is 9.92. The summed E-state index contributed by atoms with van der Waals surface area (Å²) in [7, 11) is 1.65. The molecule has 3 aromatic heterocycles. The smallest absolute Gasteiger partial charge is 0.420 e. The van der Waals surface area contributed by atoms with E-state index in [1.165, 1.54) is 46.4 Å². The number of carbonyl (C=O) groups is 4. The van der Waals surface area contributed by atoms with Crippen LogP contribution in [0.25, 0.3) is 32.2 Å². The molecule has 4 aliphatic rings. The van der Waals surface area contributed by atoms with E-state index in [0.29, 0.717) is 97.7 Å². The number of imide groups is 1. The van der Waals surface area contributed by atoms with Crippen LogP contribution in [0.3, 0.4) is 0 Å². The molecule has 3 fully saturated rings. The summed E-state index contributed by atoms with van der Waals surface area (Å²) in [4.78, 5) is 65.9. The highest BCUT2D eigenvalue weighted by Crippen LogP contribution is 2.45. The number of alkyl halides is 3. The number of anilines is 3. The van der Waals surface area contributed by atoms with Gasteiger partial charge in [0, 0.05) is 88.0 Å². The summed E-state index contributed by atoms with van der Waals surface area (Å²) >= 11 is 1.36. The van der Waals surface area contributed by atoms with Crippen LogP contribution >= 0.6 is 11.3 Å². The van der Waals surface area contributed by atoms with Crippen molar-refractivity contribution in [3.8, 4) is 16.9 Å². The van der Waals surface area contributed by atoms with Crippen LogP contribution < -0.4 is 25.2 Å². The number of nitrogens with zero attached hydrogens (tertiary/aromatic N) is 7. The molecule has 1 unspecified atom stereocenters. The first-order chi connectivity index (χ1) is 37.2. The quantitative estimate of drug-likeness (QED) is 0.0532. The predicted molar refractivity (Wildman–Crippen MR) is 282 cm³/mol. The number of rotatable bonds is 14. The Kier molecular flexibility index (Phi) is 14.4. The highest BCUT2D eigenvalue weighted by Gasteiger charge is 2.40. The Labute approximate surface area is 444 Å². The molecule has 3 aliphatic heterocycles. The van der Waals surface area contributed by atoms with E-state index in [4.69, 9.17) is 9.47 Å². The summed E-state index contributed by atoms with van der Waals surface area (Å²) in [6.45, 7) is 4.60. The second-order valence-electron chi connectivity index (χ2n) is 20.0. The Morgan fingerprint density at radius 3 is 2.39 bits per heavy atom. The van der Waals surface area contributed by atoms with Crippen LogP contribution in [0.2, 0.25) is 0 Å². The van der Waals surface area contributed by atoms with Crippen molar-refractivity contribution in [2.24, 2.45) is 7.05 Å². The number of nitrogens with one attached hydrogen (secondary N) is 2. The Morgan fingerprint density at radius 1 is 0.844 bits per heavy atom. The average Bonchev–Trinajstić information content (AvgIpc) is 4.00. The van der Waals surface area contributed by atoms with Crippen molar-refractivity contribution in [3.05, 3.63) is 124 Å². The number of aromatic carboxylic acids is 1. The van der Waals surface area contributed by atoms with Crippen LogP contribution in [0.4, 0.5) is 34.2 Å². The number of para-hydroxylation sites is 1. The standard InChI is InChI=1S/C56H55F4N9O7S/c1-66-51-38(49(65-66)39-19-22-46(70)63-53(39)72)17-20-42(48(51)57)68-28-26-67(27-29-68)24-6-30-75-33-13-15-34(16-14-33)76-43-11-5-8-35(47(43)56(58,59)60)36-18-21-45(62-50(36)54(73)74)69-25-23-32-7-4-9-37(40(32)31-69)52(71)64-55-61-41-10-2-3-12-44(41)77-55/h2-5,7-12,17-18,20-21,33-34,39H,6,13-16,19,22-31H2,1H3,(H,73,74)(H,61,64,71)(H,63,70,72). The minimum Gasteiger partial charge on any atom is -0.490 e. The molecule has 3 N–H and O–H groups in total. The maximum Gasteiger partial charge on any atom is 0.420 e. The number of aryl methyl sites for hydroxylation is 1. The first-order valence-corrected chi connectivity index (χ1v) is 26.7. The molecule has 0 spiro atoms. The molecule has 2 saturated heterocycles. The molecule has 0 radical (unpaired) electrons. The zero-order chi connectivity index (χ0) is 53.5. The summed E-state index contributed by atoms with van der Waals surface area (Å²) in [6, 6.07) is 23.4. The molecular weight excluding hydrogens is 1020 g/mol. The number of benzene rings is 4. The molecule has 11 rings (SSSR count).